The summed E-state index contributed by atoms with van der Waals surface area (Å²) in [5.41, 5.74) is 3.49. The maximum Gasteiger partial charge on any atom is 0.288 e. The van der Waals surface area contributed by atoms with E-state index in [2.05, 4.69) is 0 Å². The maximum atomic E-state index is 12.6. The average molecular weight is 369 g/mol. The second-order valence-corrected chi connectivity index (χ2v) is 7.18. The minimum atomic E-state index is -1.96. The number of carbonyl (C=O) groups is 2. The summed E-state index contributed by atoms with van der Waals surface area (Å²) in [4.78, 5) is 30.4. The summed E-state index contributed by atoms with van der Waals surface area (Å²) in [5.74, 6) is -1.17. The molecule has 2 amide bonds. The number of hydroxylamine groups is 2. The number of aryl methyl sites for hydroxylation is 2. The van der Waals surface area contributed by atoms with Gasteiger partial charge in [0.05, 0.1) is 10.5 Å². The number of nitrogens with zero attached hydrogens (tertiary/aromatic N) is 1. The van der Waals surface area contributed by atoms with Gasteiger partial charge < -0.3 is 0 Å². The van der Waals surface area contributed by atoms with E-state index in [-0.39, 0.29) is 0 Å². The van der Waals surface area contributed by atoms with Gasteiger partial charge in [-0.2, -0.15) is 0 Å². The van der Waals surface area contributed by atoms with E-state index >= 15 is 0 Å². The zero-order valence-electron chi connectivity index (χ0n) is 13.9. The van der Waals surface area contributed by atoms with Gasteiger partial charge in [0.1, 0.15) is 0 Å². The summed E-state index contributed by atoms with van der Waals surface area (Å²) in [6, 6.07) is 14.3. The largest absolute Gasteiger partial charge is 0.288 e. The van der Waals surface area contributed by atoms with Gasteiger partial charge in [0.25, 0.3) is 11.8 Å². The first kappa shape index (κ1) is 16.8. The predicted octanol–water partition coefficient (Wildman–Crippen LogP) is 2.65. The summed E-state index contributed by atoms with van der Waals surface area (Å²) in [7, 11) is 0. The molecule has 2 aliphatic rings. The summed E-state index contributed by atoms with van der Waals surface area (Å²) in [6.07, 6.45) is 1.13. The van der Waals surface area contributed by atoms with Crippen LogP contribution in [0.4, 0.5) is 0 Å². The van der Waals surface area contributed by atoms with Crippen molar-refractivity contribution in [3.63, 3.8) is 0 Å². The number of hydrogen-bond acceptors (Lipinski definition) is 5. The smallest absolute Gasteiger partial charge is 0.266 e. The first-order chi connectivity index (χ1) is 12.6. The van der Waals surface area contributed by atoms with Crippen LogP contribution in [0.25, 0.3) is 5.57 Å². The third-order valence-electron chi connectivity index (χ3n) is 4.45. The molecule has 0 radical (unpaired) electrons. The van der Waals surface area contributed by atoms with Crippen molar-refractivity contribution < 1.29 is 23.1 Å². The van der Waals surface area contributed by atoms with Gasteiger partial charge >= 0.3 is 0 Å². The quantitative estimate of drug-likeness (QED) is 0.471. The van der Waals surface area contributed by atoms with Gasteiger partial charge in [0, 0.05) is 5.57 Å². The monoisotopic (exact) mass is 369 g/mol. The predicted molar refractivity (Wildman–Crippen MR) is 93.3 cm³/mol. The van der Waals surface area contributed by atoms with Gasteiger partial charge in [-0.05, 0) is 43.0 Å². The topological polar surface area (TPSA) is 72.9 Å². The summed E-state index contributed by atoms with van der Waals surface area (Å²) < 4.78 is 17.0. The Bertz CT molecular complexity index is 964. The van der Waals surface area contributed by atoms with Gasteiger partial charge in [-0.3, -0.25) is 9.59 Å². The minimum absolute atomic E-state index is 0.335. The van der Waals surface area contributed by atoms with Crippen molar-refractivity contribution in [3.05, 3.63) is 70.8 Å². The van der Waals surface area contributed by atoms with Crippen LogP contribution < -0.4 is 0 Å². The van der Waals surface area contributed by atoms with Gasteiger partial charge in [-0.25, -0.2) is 4.21 Å². The highest BCUT2D eigenvalue weighted by molar-refractivity contribution is 7.80. The Balaban J connectivity index is 1.52. The normalized spacial score (nSPS) is 17.3. The fourth-order valence-electron chi connectivity index (χ4n) is 3.12. The molecule has 1 heterocycles. The lowest BCUT2D eigenvalue weighted by molar-refractivity contribution is -0.326. The van der Waals surface area contributed by atoms with E-state index in [0.29, 0.717) is 33.9 Å². The summed E-state index contributed by atoms with van der Waals surface area (Å²) >= 11 is -1.96. The zero-order valence-corrected chi connectivity index (χ0v) is 14.7. The molecule has 1 aliphatic carbocycles. The molecule has 0 fully saturated rings. The zero-order chi connectivity index (χ0) is 18.3. The van der Waals surface area contributed by atoms with Crippen LogP contribution in [0.3, 0.4) is 0 Å². The molecule has 0 saturated carbocycles. The molecule has 7 heteroatoms. The Kier molecular flexibility index (Phi) is 4.28. The molecule has 6 nitrogen and oxygen atoms in total. The van der Waals surface area contributed by atoms with Crippen LogP contribution in [-0.4, -0.2) is 21.1 Å². The van der Waals surface area contributed by atoms with E-state index in [9.17, 15) is 13.8 Å². The van der Waals surface area contributed by atoms with Crippen molar-refractivity contribution in [3.8, 4) is 0 Å². The second-order valence-electron chi connectivity index (χ2n) is 6.11. The van der Waals surface area contributed by atoms with Crippen LogP contribution >= 0.6 is 0 Å². The second kappa shape index (κ2) is 6.60. The lowest BCUT2D eigenvalue weighted by Crippen LogP contribution is -2.32. The van der Waals surface area contributed by atoms with E-state index in [1.165, 1.54) is 0 Å². The third kappa shape index (κ3) is 2.80. The van der Waals surface area contributed by atoms with Crippen LogP contribution in [0, 0.1) is 6.92 Å². The van der Waals surface area contributed by atoms with E-state index in [1.54, 1.807) is 24.3 Å². The Morgan fingerprint density at radius 2 is 1.69 bits per heavy atom. The molecule has 0 spiro atoms. The van der Waals surface area contributed by atoms with E-state index in [0.717, 1.165) is 16.7 Å². The highest BCUT2D eigenvalue weighted by Gasteiger charge is 2.43. The number of imide groups is 1. The Labute approximate surface area is 152 Å². The molecule has 0 aromatic heterocycles. The molecule has 2 aromatic rings. The molecule has 1 atom stereocenters. The molecule has 0 N–H and O–H groups in total. The van der Waals surface area contributed by atoms with Crippen LogP contribution in [0.5, 0.6) is 0 Å². The minimum Gasteiger partial charge on any atom is -0.266 e. The van der Waals surface area contributed by atoms with Crippen LogP contribution in [0.15, 0.2) is 59.0 Å². The van der Waals surface area contributed by atoms with E-state index in [1.807, 2.05) is 31.2 Å². The Morgan fingerprint density at radius 1 is 0.962 bits per heavy atom. The van der Waals surface area contributed by atoms with Gasteiger partial charge in [0.15, 0.2) is 0 Å². The highest BCUT2D eigenvalue weighted by atomic mass is 32.2. The summed E-state index contributed by atoms with van der Waals surface area (Å²) in [6.45, 7) is 1.90. The first-order valence-corrected chi connectivity index (χ1v) is 9.17. The van der Waals surface area contributed by atoms with Crippen molar-refractivity contribution in [2.45, 2.75) is 24.7 Å². The lowest BCUT2D eigenvalue weighted by atomic mass is 9.87. The summed E-state index contributed by atoms with van der Waals surface area (Å²) in [5, 5.41) is 0.541. The molecule has 1 aliphatic heterocycles. The number of fused-ring (bicyclic) bond motifs is 2. The molecule has 0 saturated heterocycles. The Morgan fingerprint density at radius 3 is 2.46 bits per heavy atom. The average Bonchev–Trinajstić information content (AvgIpc) is 2.91. The molecule has 132 valence electrons. The van der Waals surface area contributed by atoms with Gasteiger partial charge in [0.2, 0.25) is 11.1 Å². The lowest BCUT2D eigenvalue weighted by Gasteiger charge is -2.15. The van der Waals surface area contributed by atoms with Gasteiger partial charge in [-0.1, -0.05) is 46.9 Å². The number of rotatable bonds is 4. The van der Waals surface area contributed by atoms with Crippen molar-refractivity contribution in [1.29, 1.82) is 0 Å². The standard InChI is InChI=1S/C19H15NO5S/c1-12-6-9-14(10-7-12)26(23)25-24-20-18(21)16-11-8-13-4-2-3-5-15(13)17(16)19(20)22/h2-7,9-10H,8,11H2,1H3. The highest BCUT2D eigenvalue weighted by Crippen LogP contribution is 2.38. The molecule has 0 bridgehead atoms. The molecular weight excluding hydrogens is 354 g/mol. The number of amides is 2. The van der Waals surface area contributed by atoms with Crippen molar-refractivity contribution in [2.24, 2.45) is 0 Å². The number of carbonyl (C=O) groups excluding carboxylic acids is 2. The van der Waals surface area contributed by atoms with Crippen molar-refractivity contribution in [2.75, 3.05) is 0 Å². The molecule has 4 rings (SSSR count). The first-order valence-electron chi connectivity index (χ1n) is 8.10. The van der Waals surface area contributed by atoms with Crippen LogP contribution in [0.1, 0.15) is 23.1 Å². The fourth-order valence-corrected chi connectivity index (χ4v) is 3.67. The molecule has 2 aromatic carbocycles. The van der Waals surface area contributed by atoms with Gasteiger partial charge in [-0.15, -0.1) is 9.40 Å². The third-order valence-corrected chi connectivity index (χ3v) is 5.30. The van der Waals surface area contributed by atoms with Crippen molar-refractivity contribution >= 4 is 28.5 Å². The van der Waals surface area contributed by atoms with Crippen LogP contribution in [-0.2, 0) is 36.4 Å². The molecule has 1 unspecified atom stereocenters. The van der Waals surface area contributed by atoms with Crippen molar-refractivity contribution in [1.82, 2.24) is 5.06 Å². The maximum absolute atomic E-state index is 12.6. The number of hydrogen-bond donors (Lipinski definition) is 0. The Hall–Kier alpha value is -2.61. The number of benzene rings is 2. The molecule has 26 heavy (non-hydrogen) atoms. The van der Waals surface area contributed by atoms with Crippen LogP contribution in [0.2, 0.25) is 0 Å². The van der Waals surface area contributed by atoms with E-state index in [4.69, 9.17) is 9.32 Å². The molecular formula is C19H15NO5S. The van der Waals surface area contributed by atoms with E-state index < -0.39 is 22.9 Å². The SMILES string of the molecule is Cc1ccc(S(=O)OON2C(=O)C3=C(C2=O)c2ccccc2CC3)cc1. The fraction of sp³-hybridized carbons (Fsp3) is 0.158.